The molecule has 1 aliphatic rings. The number of benzene rings is 1. The van der Waals surface area contributed by atoms with Gasteiger partial charge in [-0.05, 0) is 31.6 Å². The van der Waals surface area contributed by atoms with Crippen molar-refractivity contribution >= 4 is 23.4 Å². The molecule has 1 aromatic carbocycles. The highest BCUT2D eigenvalue weighted by molar-refractivity contribution is 7.99. The topological polar surface area (TPSA) is 72.2 Å². The number of amides is 1. The van der Waals surface area contributed by atoms with E-state index in [0.29, 0.717) is 10.8 Å². The fourth-order valence-corrected chi connectivity index (χ4v) is 4.03. The first kappa shape index (κ1) is 15.8. The summed E-state index contributed by atoms with van der Waals surface area (Å²) >= 11 is 1.85. The lowest BCUT2D eigenvalue weighted by atomic mass is 10.1. The van der Waals surface area contributed by atoms with Crippen LogP contribution in [0.5, 0.6) is 0 Å². The first-order valence-corrected chi connectivity index (χ1v) is 8.26. The van der Waals surface area contributed by atoms with E-state index in [1.807, 2.05) is 11.8 Å². The predicted molar refractivity (Wildman–Crippen MR) is 84.9 cm³/mol. The Hall–Kier alpha value is -1.56. The van der Waals surface area contributed by atoms with Crippen molar-refractivity contribution in [1.82, 2.24) is 5.32 Å². The highest BCUT2D eigenvalue weighted by Crippen LogP contribution is 2.31. The first-order chi connectivity index (χ1) is 10.0. The zero-order valence-corrected chi connectivity index (χ0v) is 13.1. The van der Waals surface area contributed by atoms with Gasteiger partial charge in [0.05, 0.1) is 4.92 Å². The second-order valence-electron chi connectivity index (χ2n) is 5.23. The van der Waals surface area contributed by atoms with Gasteiger partial charge in [0.1, 0.15) is 5.56 Å². The number of para-hydroxylation sites is 1. The van der Waals surface area contributed by atoms with Crippen molar-refractivity contribution in [2.45, 2.75) is 44.4 Å². The van der Waals surface area contributed by atoms with Crippen molar-refractivity contribution in [2.75, 3.05) is 5.75 Å². The minimum Gasteiger partial charge on any atom is -0.348 e. The molecule has 21 heavy (non-hydrogen) atoms. The van der Waals surface area contributed by atoms with Gasteiger partial charge < -0.3 is 5.32 Å². The van der Waals surface area contributed by atoms with Crippen LogP contribution in [0.1, 0.15) is 42.1 Å². The Morgan fingerprint density at radius 1 is 1.48 bits per heavy atom. The molecule has 1 saturated carbocycles. The third kappa shape index (κ3) is 3.56. The van der Waals surface area contributed by atoms with E-state index in [1.54, 1.807) is 19.1 Å². The number of aryl methyl sites for hydroxylation is 1. The van der Waals surface area contributed by atoms with Crippen LogP contribution in [0, 0.1) is 17.0 Å². The van der Waals surface area contributed by atoms with Crippen LogP contribution in [0.3, 0.4) is 0 Å². The summed E-state index contributed by atoms with van der Waals surface area (Å²) in [5.74, 6) is 0.681. The third-order valence-electron chi connectivity index (χ3n) is 3.81. The van der Waals surface area contributed by atoms with E-state index in [2.05, 4.69) is 12.2 Å². The molecule has 0 aromatic heterocycles. The molecule has 1 aliphatic carbocycles. The fourth-order valence-electron chi connectivity index (χ4n) is 2.84. The molecule has 0 saturated heterocycles. The number of nitrogens with one attached hydrogen (secondary N) is 1. The molecule has 0 radical (unpaired) electrons. The number of hydrogen-bond acceptors (Lipinski definition) is 4. The molecule has 1 amide bonds. The molecule has 0 spiro atoms. The Kier molecular flexibility index (Phi) is 5.22. The molecule has 0 aliphatic heterocycles. The number of nitro groups is 1. The average molecular weight is 308 g/mol. The van der Waals surface area contributed by atoms with Gasteiger partial charge in [-0.1, -0.05) is 25.5 Å². The Morgan fingerprint density at radius 2 is 2.24 bits per heavy atom. The minimum absolute atomic E-state index is 0.0901. The number of nitrogens with zero attached hydrogens (tertiary/aromatic N) is 1. The first-order valence-electron chi connectivity index (χ1n) is 7.21. The SMILES string of the molecule is CCSC1CCCC1NC(=O)c1cccc(C)c1[N+](=O)[O-]. The van der Waals surface area contributed by atoms with E-state index in [-0.39, 0.29) is 23.2 Å². The maximum atomic E-state index is 12.4. The van der Waals surface area contributed by atoms with Gasteiger partial charge in [-0.3, -0.25) is 14.9 Å². The number of rotatable bonds is 5. The summed E-state index contributed by atoms with van der Waals surface area (Å²) in [5, 5.41) is 14.6. The summed E-state index contributed by atoms with van der Waals surface area (Å²) in [4.78, 5) is 23.1. The summed E-state index contributed by atoms with van der Waals surface area (Å²) in [6.07, 6.45) is 3.14. The van der Waals surface area contributed by atoms with Crippen LogP contribution in [0.2, 0.25) is 0 Å². The van der Waals surface area contributed by atoms with Gasteiger partial charge >= 0.3 is 0 Å². The molecular weight excluding hydrogens is 288 g/mol. The van der Waals surface area contributed by atoms with E-state index in [1.165, 1.54) is 6.07 Å². The molecule has 2 rings (SSSR count). The molecule has 0 heterocycles. The quantitative estimate of drug-likeness (QED) is 0.669. The van der Waals surface area contributed by atoms with Crippen LogP contribution < -0.4 is 5.32 Å². The van der Waals surface area contributed by atoms with Crippen molar-refractivity contribution in [3.63, 3.8) is 0 Å². The van der Waals surface area contributed by atoms with Crippen LogP contribution in [0.25, 0.3) is 0 Å². The minimum atomic E-state index is -0.475. The number of carbonyl (C=O) groups is 1. The average Bonchev–Trinajstić information content (AvgIpc) is 2.85. The Balaban J connectivity index is 2.17. The van der Waals surface area contributed by atoms with Crippen molar-refractivity contribution in [1.29, 1.82) is 0 Å². The zero-order chi connectivity index (χ0) is 15.4. The summed E-state index contributed by atoms with van der Waals surface area (Å²) in [6, 6.07) is 4.98. The van der Waals surface area contributed by atoms with E-state index < -0.39 is 4.92 Å². The number of thioether (sulfide) groups is 1. The standard InChI is InChI=1S/C15H20N2O3S/c1-3-21-13-9-5-8-12(13)16-15(18)11-7-4-6-10(2)14(11)17(19)20/h4,6-7,12-13H,3,5,8-9H2,1-2H3,(H,16,18). The third-order valence-corrected chi connectivity index (χ3v) is 5.14. The van der Waals surface area contributed by atoms with Crippen LogP contribution >= 0.6 is 11.8 Å². The molecule has 0 bridgehead atoms. The summed E-state index contributed by atoms with van der Waals surface area (Å²) in [7, 11) is 0. The maximum Gasteiger partial charge on any atom is 0.285 e. The monoisotopic (exact) mass is 308 g/mol. The molecule has 6 heteroatoms. The van der Waals surface area contributed by atoms with Crippen LogP contribution in [-0.4, -0.2) is 27.9 Å². The van der Waals surface area contributed by atoms with Gasteiger partial charge in [0, 0.05) is 16.9 Å². The molecule has 5 nitrogen and oxygen atoms in total. The van der Waals surface area contributed by atoms with Gasteiger partial charge in [0.2, 0.25) is 0 Å². The largest absolute Gasteiger partial charge is 0.348 e. The van der Waals surface area contributed by atoms with Crippen molar-refractivity contribution in [3.05, 3.63) is 39.4 Å². The van der Waals surface area contributed by atoms with E-state index >= 15 is 0 Å². The molecule has 114 valence electrons. The Labute approximate surface area is 128 Å². The summed E-state index contributed by atoms with van der Waals surface area (Å²) < 4.78 is 0. The molecule has 2 atom stereocenters. The fraction of sp³-hybridized carbons (Fsp3) is 0.533. The van der Waals surface area contributed by atoms with Crippen molar-refractivity contribution < 1.29 is 9.72 Å². The zero-order valence-electron chi connectivity index (χ0n) is 12.3. The summed E-state index contributed by atoms with van der Waals surface area (Å²) in [5.41, 5.74) is 0.582. The lowest BCUT2D eigenvalue weighted by Gasteiger charge is -2.20. The Bertz CT molecular complexity index is 548. The van der Waals surface area contributed by atoms with Crippen LogP contribution in [-0.2, 0) is 0 Å². The molecule has 1 aromatic rings. The van der Waals surface area contributed by atoms with Crippen molar-refractivity contribution in [3.8, 4) is 0 Å². The van der Waals surface area contributed by atoms with Gasteiger partial charge in [-0.25, -0.2) is 0 Å². The predicted octanol–water partition coefficient (Wildman–Crippen LogP) is 3.31. The number of nitro benzene ring substituents is 1. The number of hydrogen-bond donors (Lipinski definition) is 1. The molecule has 1 N–H and O–H groups in total. The van der Waals surface area contributed by atoms with E-state index in [9.17, 15) is 14.9 Å². The summed E-state index contributed by atoms with van der Waals surface area (Å²) in [6.45, 7) is 3.76. The van der Waals surface area contributed by atoms with Crippen LogP contribution in [0.4, 0.5) is 5.69 Å². The molecular formula is C15H20N2O3S. The Morgan fingerprint density at radius 3 is 2.90 bits per heavy atom. The van der Waals surface area contributed by atoms with Crippen molar-refractivity contribution in [2.24, 2.45) is 0 Å². The lowest BCUT2D eigenvalue weighted by molar-refractivity contribution is -0.385. The van der Waals surface area contributed by atoms with E-state index in [0.717, 1.165) is 25.0 Å². The molecule has 1 fully saturated rings. The van der Waals surface area contributed by atoms with Gasteiger partial charge in [0.15, 0.2) is 0 Å². The van der Waals surface area contributed by atoms with Gasteiger partial charge in [-0.2, -0.15) is 11.8 Å². The normalized spacial score (nSPS) is 21.2. The highest BCUT2D eigenvalue weighted by Gasteiger charge is 2.30. The number of carbonyl (C=O) groups excluding carboxylic acids is 1. The second kappa shape index (κ2) is 6.93. The van der Waals surface area contributed by atoms with Gasteiger partial charge in [0.25, 0.3) is 11.6 Å². The van der Waals surface area contributed by atoms with Gasteiger partial charge in [-0.15, -0.1) is 0 Å². The van der Waals surface area contributed by atoms with Crippen LogP contribution in [0.15, 0.2) is 18.2 Å². The highest BCUT2D eigenvalue weighted by atomic mass is 32.2. The second-order valence-corrected chi connectivity index (χ2v) is 6.75. The van der Waals surface area contributed by atoms with E-state index in [4.69, 9.17) is 0 Å². The lowest BCUT2D eigenvalue weighted by Crippen LogP contribution is -2.39. The smallest absolute Gasteiger partial charge is 0.285 e. The maximum absolute atomic E-state index is 12.4. The molecule has 2 unspecified atom stereocenters.